The number of aromatic nitrogens is 7. The molecule has 0 aliphatic carbocycles. The molecular weight excluding hydrogens is 455 g/mol. The summed E-state index contributed by atoms with van der Waals surface area (Å²) in [5.74, 6) is -4.89. The Kier molecular flexibility index (Phi) is 5.63. The highest BCUT2D eigenvalue weighted by Crippen LogP contribution is 2.33. The van der Waals surface area contributed by atoms with Crippen molar-refractivity contribution < 1.29 is 40.6 Å². The van der Waals surface area contributed by atoms with Gasteiger partial charge >= 0.3 is 18.3 Å². The standard InChI is InChI=1S/C14H9F4N7.C2HF3O2/c1-6-2-3-25-10(7-4-19-5-20-7)9(21-12(25)8(6)15)11-22-13(24-23-11)14(16,17)18;3-2(4,5)1(6)7/h2-5H,1H3,(H,19,20)(H,22,23,24);(H,6,7). The zero-order valence-corrected chi connectivity index (χ0v) is 15.5. The quantitative estimate of drug-likeness (QED) is 0.389. The molecule has 4 rings (SSSR count). The van der Waals surface area contributed by atoms with Crippen LogP contribution < -0.4 is 0 Å². The number of carboxylic acids is 1. The molecule has 0 amide bonds. The van der Waals surface area contributed by atoms with Crippen molar-refractivity contribution in [3.63, 3.8) is 0 Å². The number of nitrogens with one attached hydrogen (secondary N) is 2. The van der Waals surface area contributed by atoms with E-state index in [2.05, 4.69) is 25.0 Å². The van der Waals surface area contributed by atoms with Gasteiger partial charge in [0.15, 0.2) is 11.5 Å². The topological polar surface area (TPSA) is 125 Å². The van der Waals surface area contributed by atoms with Gasteiger partial charge in [-0.05, 0) is 18.6 Å². The average Bonchev–Trinajstić information content (AvgIpc) is 3.42. The number of carbonyl (C=O) groups is 1. The number of fused-ring (bicyclic) bond motifs is 1. The summed E-state index contributed by atoms with van der Waals surface area (Å²) in [6.07, 6.45) is -5.36. The summed E-state index contributed by atoms with van der Waals surface area (Å²) < 4.78 is 85.9. The van der Waals surface area contributed by atoms with E-state index in [4.69, 9.17) is 9.90 Å². The van der Waals surface area contributed by atoms with Gasteiger partial charge < -0.3 is 10.1 Å². The molecule has 0 saturated carbocycles. The molecule has 170 valence electrons. The summed E-state index contributed by atoms with van der Waals surface area (Å²) in [7, 11) is 0. The van der Waals surface area contributed by atoms with Gasteiger partial charge in [-0.1, -0.05) is 0 Å². The molecule has 16 heteroatoms. The van der Waals surface area contributed by atoms with Crippen molar-refractivity contribution in [3.05, 3.63) is 42.0 Å². The smallest absolute Gasteiger partial charge is 0.475 e. The van der Waals surface area contributed by atoms with E-state index in [9.17, 15) is 30.7 Å². The highest BCUT2D eigenvalue weighted by Gasteiger charge is 2.38. The lowest BCUT2D eigenvalue weighted by molar-refractivity contribution is -0.192. The van der Waals surface area contributed by atoms with Gasteiger partial charge in [0.1, 0.15) is 11.4 Å². The molecule has 0 unspecified atom stereocenters. The van der Waals surface area contributed by atoms with E-state index in [1.165, 1.54) is 23.0 Å². The summed E-state index contributed by atoms with van der Waals surface area (Å²) in [6.45, 7) is 1.56. The number of hydrogen-bond donors (Lipinski definition) is 3. The van der Waals surface area contributed by atoms with Crippen molar-refractivity contribution >= 4 is 11.6 Å². The molecule has 32 heavy (non-hydrogen) atoms. The predicted octanol–water partition coefficient (Wildman–Crippen LogP) is 3.61. The van der Waals surface area contributed by atoms with Crippen molar-refractivity contribution in [2.45, 2.75) is 19.3 Å². The van der Waals surface area contributed by atoms with E-state index in [1.54, 1.807) is 13.1 Å². The maximum atomic E-state index is 14.4. The molecule has 0 fully saturated rings. The summed E-state index contributed by atoms with van der Waals surface area (Å²) in [5.41, 5.74) is 1.05. The maximum Gasteiger partial charge on any atom is 0.490 e. The molecule has 0 bridgehead atoms. The van der Waals surface area contributed by atoms with Crippen LogP contribution in [0, 0.1) is 12.7 Å². The first-order valence-corrected chi connectivity index (χ1v) is 8.26. The van der Waals surface area contributed by atoms with Crippen LogP contribution in [0.5, 0.6) is 0 Å². The molecular formula is C16H10F7N7O2. The van der Waals surface area contributed by atoms with Crippen LogP contribution in [0.2, 0.25) is 0 Å². The van der Waals surface area contributed by atoms with E-state index in [0.29, 0.717) is 17.0 Å². The van der Waals surface area contributed by atoms with Gasteiger partial charge in [0.25, 0.3) is 0 Å². The summed E-state index contributed by atoms with van der Waals surface area (Å²) in [4.78, 5) is 23.2. The number of rotatable bonds is 2. The van der Waals surface area contributed by atoms with Crippen LogP contribution in [0.3, 0.4) is 0 Å². The molecule has 0 radical (unpaired) electrons. The first-order valence-electron chi connectivity index (χ1n) is 8.26. The third-order valence-electron chi connectivity index (χ3n) is 3.89. The number of alkyl halides is 6. The van der Waals surface area contributed by atoms with Crippen LogP contribution in [0.1, 0.15) is 11.4 Å². The van der Waals surface area contributed by atoms with Gasteiger partial charge in [-0.15, -0.1) is 0 Å². The highest BCUT2D eigenvalue weighted by atomic mass is 19.4. The Labute approximate surface area is 172 Å². The highest BCUT2D eigenvalue weighted by molar-refractivity contribution is 5.77. The minimum Gasteiger partial charge on any atom is -0.475 e. The number of pyridine rings is 1. The first-order chi connectivity index (χ1) is 14.8. The number of carboxylic acid groups (broad SMARTS) is 1. The fourth-order valence-corrected chi connectivity index (χ4v) is 2.46. The Bertz CT molecular complexity index is 1260. The molecule has 0 aliphatic rings. The van der Waals surface area contributed by atoms with E-state index in [-0.39, 0.29) is 17.2 Å². The van der Waals surface area contributed by atoms with Crippen LogP contribution in [0.25, 0.3) is 28.6 Å². The molecule has 0 atom stereocenters. The lowest BCUT2D eigenvalue weighted by atomic mass is 10.2. The average molecular weight is 465 g/mol. The summed E-state index contributed by atoms with van der Waals surface area (Å²) in [5, 5.41) is 12.5. The van der Waals surface area contributed by atoms with Gasteiger partial charge in [-0.25, -0.2) is 24.1 Å². The van der Waals surface area contributed by atoms with E-state index in [0.717, 1.165) is 0 Å². The van der Waals surface area contributed by atoms with E-state index >= 15 is 0 Å². The number of aromatic amines is 2. The molecule has 0 aromatic carbocycles. The van der Waals surface area contributed by atoms with Gasteiger partial charge in [0.2, 0.25) is 11.6 Å². The second kappa shape index (κ2) is 7.93. The molecule has 0 saturated heterocycles. The van der Waals surface area contributed by atoms with E-state index < -0.39 is 30.0 Å². The van der Waals surface area contributed by atoms with Crippen molar-refractivity contribution in [3.8, 4) is 22.9 Å². The van der Waals surface area contributed by atoms with Crippen molar-refractivity contribution in [2.24, 2.45) is 0 Å². The van der Waals surface area contributed by atoms with Crippen molar-refractivity contribution in [2.75, 3.05) is 0 Å². The minimum absolute atomic E-state index is 0.000463. The molecule has 0 spiro atoms. The fraction of sp³-hybridized carbons (Fsp3) is 0.188. The van der Waals surface area contributed by atoms with Gasteiger partial charge in [-0.3, -0.25) is 9.50 Å². The second-order valence-electron chi connectivity index (χ2n) is 6.09. The first kappa shape index (κ1) is 22.7. The number of halogens is 7. The largest absolute Gasteiger partial charge is 0.490 e. The number of hydrogen-bond acceptors (Lipinski definition) is 5. The molecule has 0 aliphatic heterocycles. The molecule has 9 nitrogen and oxygen atoms in total. The van der Waals surface area contributed by atoms with Crippen LogP contribution in [0.4, 0.5) is 30.7 Å². The Hall–Kier alpha value is -3.98. The number of H-pyrrole nitrogens is 2. The molecule has 4 heterocycles. The lowest BCUT2D eigenvalue weighted by Gasteiger charge is -2.02. The fourth-order valence-electron chi connectivity index (χ4n) is 2.46. The molecule has 4 aromatic rings. The third-order valence-corrected chi connectivity index (χ3v) is 3.89. The van der Waals surface area contributed by atoms with Crippen molar-refractivity contribution in [1.29, 1.82) is 0 Å². The Morgan fingerprint density at radius 1 is 1.16 bits per heavy atom. The van der Waals surface area contributed by atoms with Crippen LogP contribution in [-0.4, -0.2) is 51.8 Å². The number of aliphatic carboxylic acids is 1. The normalized spacial score (nSPS) is 12.0. The zero-order chi connectivity index (χ0) is 23.8. The second-order valence-corrected chi connectivity index (χ2v) is 6.09. The van der Waals surface area contributed by atoms with Crippen LogP contribution in [-0.2, 0) is 11.0 Å². The monoisotopic (exact) mass is 465 g/mol. The van der Waals surface area contributed by atoms with Crippen molar-refractivity contribution in [1.82, 2.24) is 34.5 Å². The molecule has 3 N–H and O–H groups in total. The Morgan fingerprint density at radius 3 is 2.31 bits per heavy atom. The molecule has 4 aromatic heterocycles. The van der Waals surface area contributed by atoms with Gasteiger partial charge in [0, 0.05) is 6.20 Å². The summed E-state index contributed by atoms with van der Waals surface area (Å²) >= 11 is 0. The van der Waals surface area contributed by atoms with Gasteiger partial charge in [-0.2, -0.15) is 31.4 Å². The number of imidazole rings is 2. The predicted molar refractivity (Wildman–Crippen MR) is 91.5 cm³/mol. The Morgan fingerprint density at radius 2 is 1.81 bits per heavy atom. The number of nitrogens with zero attached hydrogens (tertiary/aromatic N) is 5. The van der Waals surface area contributed by atoms with E-state index in [1.807, 2.05) is 5.10 Å². The van der Waals surface area contributed by atoms with Crippen LogP contribution >= 0.6 is 0 Å². The third kappa shape index (κ3) is 4.37. The van der Waals surface area contributed by atoms with Gasteiger partial charge in [0.05, 0.1) is 18.2 Å². The van der Waals surface area contributed by atoms with Crippen LogP contribution in [0.15, 0.2) is 24.8 Å². The Balaban J connectivity index is 0.000000360. The summed E-state index contributed by atoms with van der Waals surface area (Å²) in [6, 6.07) is 1.53. The zero-order valence-electron chi connectivity index (χ0n) is 15.5. The minimum atomic E-state index is -5.08. The SMILES string of the molecule is Cc1ccn2c(-c3cnc[nH]3)c(-c3n[nH]c(C(F)(F)F)n3)nc2c1F.O=C(O)C(F)(F)F. The maximum absolute atomic E-state index is 14.4. The number of aryl methyl sites for hydroxylation is 1. The lowest BCUT2D eigenvalue weighted by Crippen LogP contribution is -2.21.